The second kappa shape index (κ2) is 7.36. The number of rotatable bonds is 4. The third-order valence-corrected chi connectivity index (χ3v) is 6.55. The molecule has 1 fully saturated rings. The first kappa shape index (κ1) is 16.4. The number of hydrogen-bond acceptors (Lipinski definition) is 4. The van der Waals surface area contributed by atoms with Gasteiger partial charge in [-0.3, -0.25) is 9.59 Å². The molecule has 0 aliphatic carbocycles. The minimum absolute atomic E-state index is 0.0435. The van der Waals surface area contributed by atoms with Crippen molar-refractivity contribution in [2.24, 2.45) is 5.92 Å². The van der Waals surface area contributed by atoms with Gasteiger partial charge in [-0.1, -0.05) is 17.7 Å². The molecular formula is C16H21NO2S2. The Kier molecular flexibility index (Phi) is 5.76. The van der Waals surface area contributed by atoms with Gasteiger partial charge in [0.2, 0.25) is 5.91 Å². The van der Waals surface area contributed by atoms with Gasteiger partial charge in [-0.05, 0) is 50.3 Å². The Balaban J connectivity index is 2.13. The smallest absolute Gasteiger partial charge is 0.236 e. The molecule has 114 valence electrons. The fraction of sp³-hybridized carbons (Fsp3) is 0.500. The Morgan fingerprint density at radius 3 is 2.48 bits per heavy atom. The summed E-state index contributed by atoms with van der Waals surface area (Å²) < 4.78 is 0.0435. The largest absolute Gasteiger partial charge is 0.325 e. The zero-order chi connectivity index (χ0) is 15.4. The SMILES string of the molecule is CC(=O)C(C(=O)Nc1ccc(C)cc1C)C1SCCCS1. The maximum Gasteiger partial charge on any atom is 0.236 e. The van der Waals surface area contributed by atoms with E-state index in [2.05, 4.69) is 5.32 Å². The summed E-state index contributed by atoms with van der Waals surface area (Å²) in [5.41, 5.74) is 2.98. The summed E-state index contributed by atoms with van der Waals surface area (Å²) in [7, 11) is 0. The van der Waals surface area contributed by atoms with Crippen LogP contribution in [0.15, 0.2) is 18.2 Å². The maximum absolute atomic E-state index is 12.5. The predicted octanol–water partition coefficient (Wildman–Crippen LogP) is 3.64. The van der Waals surface area contributed by atoms with Crippen molar-refractivity contribution in [3.63, 3.8) is 0 Å². The van der Waals surface area contributed by atoms with Crippen molar-refractivity contribution < 1.29 is 9.59 Å². The summed E-state index contributed by atoms with van der Waals surface area (Å²) in [6.07, 6.45) is 1.15. The van der Waals surface area contributed by atoms with Gasteiger partial charge >= 0.3 is 0 Å². The van der Waals surface area contributed by atoms with E-state index in [-0.39, 0.29) is 16.3 Å². The van der Waals surface area contributed by atoms with Crippen molar-refractivity contribution in [2.45, 2.75) is 31.8 Å². The van der Waals surface area contributed by atoms with Crippen LogP contribution in [0.2, 0.25) is 0 Å². The van der Waals surface area contributed by atoms with Crippen molar-refractivity contribution in [3.8, 4) is 0 Å². The van der Waals surface area contributed by atoms with Gasteiger partial charge in [0.05, 0.1) is 4.58 Å². The van der Waals surface area contributed by atoms with Crippen LogP contribution in [0.5, 0.6) is 0 Å². The van der Waals surface area contributed by atoms with E-state index in [4.69, 9.17) is 0 Å². The standard InChI is InChI=1S/C16H21NO2S2/c1-10-5-6-13(11(2)9-10)17-15(19)14(12(3)18)16-20-7-4-8-21-16/h5-6,9,14,16H,4,7-8H2,1-3H3,(H,17,19). The molecule has 1 aliphatic heterocycles. The van der Waals surface area contributed by atoms with Gasteiger partial charge in [-0.15, -0.1) is 23.5 Å². The van der Waals surface area contributed by atoms with Gasteiger partial charge in [-0.2, -0.15) is 0 Å². The van der Waals surface area contributed by atoms with Crippen molar-refractivity contribution in [1.29, 1.82) is 0 Å². The lowest BCUT2D eigenvalue weighted by atomic mass is 10.1. The molecule has 0 radical (unpaired) electrons. The highest BCUT2D eigenvalue weighted by Gasteiger charge is 2.34. The molecule has 3 nitrogen and oxygen atoms in total. The van der Waals surface area contributed by atoms with Crippen molar-refractivity contribution >= 4 is 40.9 Å². The van der Waals surface area contributed by atoms with Crippen LogP contribution in [0.1, 0.15) is 24.5 Å². The van der Waals surface area contributed by atoms with E-state index in [0.29, 0.717) is 0 Å². The number of Topliss-reactive ketones (excluding diaryl/α,β-unsaturated/α-hetero) is 1. The highest BCUT2D eigenvalue weighted by atomic mass is 32.2. The van der Waals surface area contributed by atoms with Crippen molar-refractivity contribution in [1.82, 2.24) is 0 Å². The quantitative estimate of drug-likeness (QED) is 0.859. The lowest BCUT2D eigenvalue weighted by Gasteiger charge is -2.27. The monoisotopic (exact) mass is 323 g/mol. The minimum atomic E-state index is -0.569. The normalized spacial score (nSPS) is 17.3. The van der Waals surface area contributed by atoms with Gasteiger partial charge in [0.15, 0.2) is 0 Å². The van der Waals surface area contributed by atoms with E-state index in [1.807, 2.05) is 32.0 Å². The van der Waals surface area contributed by atoms with Gasteiger partial charge in [0.25, 0.3) is 0 Å². The van der Waals surface area contributed by atoms with Crippen LogP contribution in [-0.2, 0) is 9.59 Å². The van der Waals surface area contributed by atoms with Gasteiger partial charge < -0.3 is 5.32 Å². The summed E-state index contributed by atoms with van der Waals surface area (Å²) >= 11 is 3.45. The zero-order valence-corrected chi connectivity index (χ0v) is 14.3. The van der Waals surface area contributed by atoms with E-state index in [1.54, 1.807) is 23.5 Å². The number of nitrogens with one attached hydrogen (secondary N) is 1. The number of anilines is 1. The Morgan fingerprint density at radius 2 is 1.90 bits per heavy atom. The van der Waals surface area contributed by atoms with Crippen LogP contribution in [0.3, 0.4) is 0 Å². The molecule has 1 saturated heterocycles. The molecule has 1 amide bonds. The predicted molar refractivity (Wildman–Crippen MR) is 92.0 cm³/mol. The lowest BCUT2D eigenvalue weighted by Crippen LogP contribution is -2.36. The highest BCUT2D eigenvalue weighted by Crippen LogP contribution is 2.37. The molecule has 5 heteroatoms. The van der Waals surface area contributed by atoms with E-state index in [1.165, 1.54) is 6.92 Å². The van der Waals surface area contributed by atoms with Gasteiger partial charge in [-0.25, -0.2) is 0 Å². The zero-order valence-electron chi connectivity index (χ0n) is 12.6. The van der Waals surface area contributed by atoms with Crippen molar-refractivity contribution in [2.75, 3.05) is 16.8 Å². The molecular weight excluding hydrogens is 302 g/mol. The second-order valence-electron chi connectivity index (χ2n) is 5.36. The van der Waals surface area contributed by atoms with Crippen LogP contribution >= 0.6 is 23.5 Å². The Bertz CT molecular complexity index is 539. The molecule has 1 unspecified atom stereocenters. The first-order valence-corrected chi connectivity index (χ1v) is 9.20. The lowest BCUT2D eigenvalue weighted by molar-refractivity contribution is -0.129. The maximum atomic E-state index is 12.5. The molecule has 1 aliphatic rings. The second-order valence-corrected chi connectivity index (χ2v) is 8.16. The van der Waals surface area contributed by atoms with E-state index < -0.39 is 5.92 Å². The molecule has 1 atom stereocenters. The van der Waals surface area contributed by atoms with Crippen LogP contribution in [0.25, 0.3) is 0 Å². The van der Waals surface area contributed by atoms with Gasteiger partial charge in [0, 0.05) is 5.69 Å². The van der Waals surface area contributed by atoms with E-state index in [0.717, 1.165) is 34.7 Å². The number of carbonyl (C=O) groups excluding carboxylic acids is 2. The molecule has 0 bridgehead atoms. The van der Waals surface area contributed by atoms with Crippen LogP contribution in [0, 0.1) is 19.8 Å². The fourth-order valence-corrected chi connectivity index (χ4v) is 5.61. The Hall–Kier alpha value is -0.940. The van der Waals surface area contributed by atoms with Crippen molar-refractivity contribution in [3.05, 3.63) is 29.3 Å². The molecule has 0 aromatic heterocycles. The first-order chi connectivity index (χ1) is 9.99. The number of amides is 1. The first-order valence-electron chi connectivity index (χ1n) is 7.11. The molecule has 1 aromatic rings. The molecule has 1 heterocycles. The molecule has 1 aromatic carbocycles. The molecule has 21 heavy (non-hydrogen) atoms. The Morgan fingerprint density at radius 1 is 1.24 bits per heavy atom. The molecule has 0 saturated carbocycles. The number of ketones is 1. The average molecular weight is 323 g/mol. The summed E-state index contributed by atoms with van der Waals surface area (Å²) in [5, 5.41) is 2.93. The summed E-state index contributed by atoms with van der Waals surface area (Å²) in [6.45, 7) is 5.50. The summed E-state index contributed by atoms with van der Waals surface area (Å²) in [6, 6.07) is 5.90. The third kappa shape index (κ3) is 4.27. The fourth-order valence-electron chi connectivity index (χ4n) is 2.36. The highest BCUT2D eigenvalue weighted by molar-refractivity contribution is 8.17. The Labute approximate surface area is 134 Å². The van der Waals surface area contributed by atoms with Crippen LogP contribution in [-0.4, -0.2) is 27.8 Å². The topological polar surface area (TPSA) is 46.2 Å². The van der Waals surface area contributed by atoms with E-state index >= 15 is 0 Å². The van der Waals surface area contributed by atoms with Crippen LogP contribution < -0.4 is 5.32 Å². The number of carbonyl (C=O) groups is 2. The minimum Gasteiger partial charge on any atom is -0.325 e. The third-order valence-electron chi connectivity index (χ3n) is 3.49. The number of hydrogen-bond donors (Lipinski definition) is 1. The summed E-state index contributed by atoms with van der Waals surface area (Å²) in [5.74, 6) is 1.25. The van der Waals surface area contributed by atoms with Crippen LogP contribution in [0.4, 0.5) is 5.69 Å². The number of thioether (sulfide) groups is 2. The molecule has 1 N–H and O–H groups in total. The summed E-state index contributed by atoms with van der Waals surface area (Å²) in [4.78, 5) is 24.5. The molecule has 0 spiro atoms. The van der Waals surface area contributed by atoms with E-state index in [9.17, 15) is 9.59 Å². The molecule has 2 rings (SSSR count). The number of aryl methyl sites for hydroxylation is 2. The van der Waals surface area contributed by atoms with Gasteiger partial charge in [0.1, 0.15) is 11.7 Å². The number of benzene rings is 1. The average Bonchev–Trinajstić information content (AvgIpc) is 2.43.